The molecule has 2 heterocycles. The Bertz CT molecular complexity index is 1390. The molecule has 1 saturated carbocycles. The highest BCUT2D eigenvalue weighted by molar-refractivity contribution is 5.95. The summed E-state index contributed by atoms with van der Waals surface area (Å²) in [5, 5.41) is 21.3. The van der Waals surface area contributed by atoms with Gasteiger partial charge in [-0.2, -0.15) is 5.10 Å². The third-order valence-corrected chi connectivity index (χ3v) is 6.95. The number of urea groups is 1. The van der Waals surface area contributed by atoms with Gasteiger partial charge in [0.25, 0.3) is 11.8 Å². The molecule has 40 heavy (non-hydrogen) atoms. The summed E-state index contributed by atoms with van der Waals surface area (Å²) < 4.78 is 60.7. The highest BCUT2D eigenvalue weighted by atomic mass is 19.3. The quantitative estimate of drug-likeness (QED) is 0.296. The summed E-state index contributed by atoms with van der Waals surface area (Å²) >= 11 is 0. The van der Waals surface area contributed by atoms with Crippen LogP contribution in [0.15, 0.2) is 42.7 Å². The second-order valence-electron chi connectivity index (χ2n) is 9.90. The average Bonchev–Trinajstić information content (AvgIpc) is 3.55. The maximum absolute atomic E-state index is 14.9. The van der Waals surface area contributed by atoms with Crippen molar-refractivity contribution >= 4 is 17.6 Å². The van der Waals surface area contributed by atoms with Crippen LogP contribution in [0.2, 0.25) is 0 Å². The summed E-state index contributed by atoms with van der Waals surface area (Å²) in [4.78, 5) is 26.6. The first kappa shape index (κ1) is 27.4. The molecule has 1 aliphatic heterocycles. The summed E-state index contributed by atoms with van der Waals surface area (Å²) in [6, 6.07) is 4.56. The van der Waals surface area contributed by atoms with Crippen LogP contribution in [0.4, 0.5) is 28.0 Å². The van der Waals surface area contributed by atoms with Crippen molar-refractivity contribution in [3.05, 3.63) is 65.5 Å². The number of H-pyrrole nitrogens is 1. The predicted octanol–water partition coefficient (Wildman–Crippen LogP) is 3.84. The molecule has 0 bridgehead atoms. The van der Waals surface area contributed by atoms with E-state index in [-0.39, 0.29) is 24.3 Å². The fraction of sp³-hybridized carbons (Fsp3) is 0.370. The second kappa shape index (κ2) is 11.2. The number of rotatable bonds is 9. The van der Waals surface area contributed by atoms with E-state index in [0.717, 1.165) is 11.6 Å². The SMILES string of the molecule is O=C(COc1cc(F)cc([C@@H](CCO)NC(=O)N2CCc3cc(-c4cn[nH]c4)c(F)cc32)c1)NC1CC(F)(F)C1. The van der Waals surface area contributed by atoms with E-state index in [2.05, 4.69) is 20.8 Å². The molecule has 1 atom stereocenters. The van der Waals surface area contributed by atoms with Crippen molar-refractivity contribution in [2.75, 3.05) is 24.7 Å². The first-order valence-electron chi connectivity index (χ1n) is 12.7. The van der Waals surface area contributed by atoms with Crippen molar-refractivity contribution in [1.82, 2.24) is 20.8 Å². The lowest BCUT2D eigenvalue weighted by atomic mass is 9.88. The largest absolute Gasteiger partial charge is 0.484 e. The number of ether oxygens (including phenoxy) is 1. The van der Waals surface area contributed by atoms with Gasteiger partial charge in [0, 0.05) is 55.4 Å². The minimum Gasteiger partial charge on any atom is -0.484 e. The van der Waals surface area contributed by atoms with Gasteiger partial charge in [0.1, 0.15) is 17.4 Å². The monoisotopic (exact) mass is 561 g/mol. The maximum Gasteiger partial charge on any atom is 0.322 e. The van der Waals surface area contributed by atoms with E-state index in [1.807, 2.05) is 0 Å². The van der Waals surface area contributed by atoms with Crippen molar-refractivity contribution in [2.45, 2.75) is 43.7 Å². The fourth-order valence-electron chi connectivity index (χ4n) is 4.97. The van der Waals surface area contributed by atoms with Crippen LogP contribution in [0.5, 0.6) is 5.75 Å². The summed E-state index contributed by atoms with van der Waals surface area (Å²) in [6.45, 7) is -0.550. The number of aromatic amines is 1. The Kier molecular flexibility index (Phi) is 7.66. The molecule has 1 aromatic heterocycles. The topological polar surface area (TPSA) is 120 Å². The molecule has 2 aliphatic rings. The van der Waals surface area contributed by atoms with Gasteiger partial charge in [-0.05, 0) is 48.2 Å². The fourth-order valence-corrected chi connectivity index (χ4v) is 4.97. The molecule has 9 nitrogen and oxygen atoms in total. The van der Waals surface area contributed by atoms with Gasteiger partial charge in [-0.1, -0.05) is 0 Å². The highest BCUT2D eigenvalue weighted by Gasteiger charge is 2.45. The zero-order valence-corrected chi connectivity index (χ0v) is 21.2. The molecule has 212 valence electrons. The van der Waals surface area contributed by atoms with Gasteiger partial charge in [-0.25, -0.2) is 22.4 Å². The van der Waals surface area contributed by atoms with Gasteiger partial charge < -0.3 is 20.5 Å². The van der Waals surface area contributed by atoms with Crippen LogP contribution < -0.4 is 20.3 Å². The first-order valence-corrected chi connectivity index (χ1v) is 12.7. The maximum atomic E-state index is 14.9. The predicted molar refractivity (Wildman–Crippen MR) is 136 cm³/mol. The van der Waals surface area contributed by atoms with Gasteiger partial charge >= 0.3 is 6.03 Å². The number of fused-ring (bicyclic) bond motifs is 1. The van der Waals surface area contributed by atoms with Crippen LogP contribution in [0, 0.1) is 11.6 Å². The van der Waals surface area contributed by atoms with Crippen molar-refractivity contribution in [2.24, 2.45) is 0 Å². The van der Waals surface area contributed by atoms with Gasteiger partial charge in [0.2, 0.25) is 0 Å². The Hall–Kier alpha value is -4.13. The molecule has 1 fully saturated rings. The Balaban J connectivity index is 1.26. The zero-order valence-electron chi connectivity index (χ0n) is 21.2. The molecule has 2 aromatic carbocycles. The van der Waals surface area contributed by atoms with Gasteiger partial charge in [-0.15, -0.1) is 0 Å². The Morgan fingerprint density at radius 1 is 1.20 bits per heavy atom. The van der Waals surface area contributed by atoms with Crippen LogP contribution in [-0.4, -0.2) is 59.0 Å². The number of carbonyl (C=O) groups excluding carboxylic acids is 2. The Morgan fingerprint density at radius 3 is 2.70 bits per heavy atom. The second-order valence-corrected chi connectivity index (χ2v) is 9.90. The number of alkyl halides is 2. The smallest absolute Gasteiger partial charge is 0.322 e. The van der Waals surface area contributed by atoms with Crippen LogP contribution >= 0.6 is 0 Å². The minimum atomic E-state index is -2.78. The van der Waals surface area contributed by atoms with Crippen LogP contribution in [0.25, 0.3) is 11.1 Å². The number of carbonyl (C=O) groups is 2. The first-order chi connectivity index (χ1) is 19.1. The number of aliphatic hydroxyl groups excluding tert-OH is 1. The van der Waals surface area contributed by atoms with Gasteiger partial charge in [-0.3, -0.25) is 14.8 Å². The number of hydrogen-bond acceptors (Lipinski definition) is 5. The Morgan fingerprint density at radius 2 is 2.00 bits per heavy atom. The molecular formula is C27H27F4N5O4. The van der Waals surface area contributed by atoms with E-state index in [0.29, 0.717) is 29.8 Å². The summed E-state index contributed by atoms with van der Waals surface area (Å²) in [6.07, 6.45) is 2.73. The van der Waals surface area contributed by atoms with E-state index in [9.17, 15) is 32.3 Å². The number of halogens is 4. The number of aromatic nitrogens is 2. The van der Waals surface area contributed by atoms with Crippen molar-refractivity contribution in [3.63, 3.8) is 0 Å². The van der Waals surface area contributed by atoms with Crippen LogP contribution in [0.3, 0.4) is 0 Å². The number of nitrogens with zero attached hydrogens (tertiary/aromatic N) is 2. The van der Waals surface area contributed by atoms with Crippen LogP contribution in [-0.2, 0) is 11.2 Å². The zero-order chi connectivity index (χ0) is 28.4. The molecule has 0 unspecified atom stereocenters. The molecule has 0 saturated heterocycles. The summed E-state index contributed by atoms with van der Waals surface area (Å²) in [7, 11) is 0. The lowest BCUT2D eigenvalue weighted by Crippen LogP contribution is -2.51. The summed E-state index contributed by atoms with van der Waals surface area (Å²) in [5.74, 6) is -4.64. The average molecular weight is 562 g/mol. The van der Waals surface area contributed by atoms with E-state index in [1.165, 1.54) is 29.3 Å². The standard InChI is InChI=1S/C27H27F4N5O4/c28-18-5-16(6-20(8-18)40-14-25(38)34-19-10-27(30,31)11-19)23(2-4-37)35-26(39)36-3-1-15-7-21(17-12-32-33-13-17)22(29)9-24(15)36/h5-9,12-13,19,23,37H,1-4,10-11,14H2,(H,32,33)(H,34,38)(H,35,39)/t23-/m1/s1. The number of nitrogens with one attached hydrogen (secondary N) is 3. The van der Waals surface area contributed by atoms with Crippen molar-refractivity contribution in [1.29, 1.82) is 0 Å². The van der Waals surface area contributed by atoms with E-state index in [4.69, 9.17) is 4.74 Å². The molecule has 1 aliphatic carbocycles. The third kappa shape index (κ3) is 6.03. The normalized spacial score (nSPS) is 16.7. The van der Waals surface area contributed by atoms with E-state index in [1.54, 1.807) is 12.3 Å². The molecule has 13 heteroatoms. The molecule has 0 radical (unpaired) electrons. The molecule has 5 rings (SSSR count). The molecular weight excluding hydrogens is 534 g/mol. The lowest BCUT2D eigenvalue weighted by molar-refractivity contribution is -0.131. The third-order valence-electron chi connectivity index (χ3n) is 6.95. The van der Waals surface area contributed by atoms with Gasteiger partial charge in [0.05, 0.1) is 17.9 Å². The van der Waals surface area contributed by atoms with Crippen molar-refractivity contribution in [3.8, 4) is 16.9 Å². The molecule has 3 amide bonds. The number of amides is 3. The van der Waals surface area contributed by atoms with Crippen LogP contribution in [0.1, 0.15) is 36.4 Å². The number of aliphatic hydroxyl groups is 1. The number of benzene rings is 2. The molecule has 0 spiro atoms. The summed E-state index contributed by atoms with van der Waals surface area (Å²) in [5.41, 5.74) is 2.40. The molecule has 3 aromatic rings. The van der Waals surface area contributed by atoms with E-state index < -0.39 is 61.0 Å². The lowest BCUT2D eigenvalue weighted by Gasteiger charge is -2.35. The van der Waals surface area contributed by atoms with Gasteiger partial charge in [0.15, 0.2) is 6.61 Å². The van der Waals surface area contributed by atoms with Crippen molar-refractivity contribution < 1.29 is 37.0 Å². The highest BCUT2D eigenvalue weighted by Crippen LogP contribution is 2.37. The van der Waals surface area contributed by atoms with E-state index >= 15 is 0 Å². The minimum absolute atomic E-state index is 0.0124. The number of anilines is 1. The Labute approximate surface area is 226 Å². The number of hydrogen-bond donors (Lipinski definition) is 4. The molecule has 4 N–H and O–H groups in total.